The second kappa shape index (κ2) is 6.83. The summed E-state index contributed by atoms with van der Waals surface area (Å²) in [5.41, 5.74) is 2.42. The molecule has 1 atom stereocenters. The van der Waals surface area contributed by atoms with Crippen molar-refractivity contribution in [2.45, 2.75) is 25.8 Å². The summed E-state index contributed by atoms with van der Waals surface area (Å²) < 4.78 is 0. The first-order valence-corrected chi connectivity index (χ1v) is 8.35. The molecule has 3 aromatic rings. The first-order chi connectivity index (χ1) is 10.4. The van der Waals surface area contributed by atoms with E-state index < -0.39 is 0 Å². The first kappa shape index (κ1) is 14.2. The van der Waals surface area contributed by atoms with Gasteiger partial charge in [0.05, 0.1) is 5.52 Å². The highest BCUT2D eigenvalue weighted by Gasteiger charge is 2.11. The zero-order chi connectivity index (χ0) is 14.5. The van der Waals surface area contributed by atoms with Crippen molar-refractivity contribution < 1.29 is 0 Å². The number of nitrogens with one attached hydrogen (secondary N) is 1. The molecule has 108 valence electrons. The maximum atomic E-state index is 4.40. The van der Waals surface area contributed by atoms with Gasteiger partial charge in [-0.25, -0.2) is 0 Å². The Morgan fingerprint density at radius 1 is 1.19 bits per heavy atom. The van der Waals surface area contributed by atoms with Crippen LogP contribution in [-0.4, -0.2) is 11.5 Å². The Balaban J connectivity index is 1.80. The molecule has 0 aliphatic heterocycles. The van der Waals surface area contributed by atoms with E-state index in [1.54, 1.807) is 0 Å². The van der Waals surface area contributed by atoms with Gasteiger partial charge in [-0.15, -0.1) is 11.3 Å². The van der Waals surface area contributed by atoms with Gasteiger partial charge in [-0.05, 0) is 54.6 Å². The Hall–Kier alpha value is -1.71. The van der Waals surface area contributed by atoms with Crippen molar-refractivity contribution in [3.8, 4) is 0 Å². The van der Waals surface area contributed by atoms with E-state index >= 15 is 0 Å². The minimum atomic E-state index is 0.404. The van der Waals surface area contributed by atoms with Crippen LogP contribution < -0.4 is 5.32 Å². The fourth-order valence-corrected chi connectivity index (χ4v) is 3.41. The minimum absolute atomic E-state index is 0.404. The van der Waals surface area contributed by atoms with Gasteiger partial charge < -0.3 is 5.32 Å². The monoisotopic (exact) mass is 296 g/mol. The zero-order valence-electron chi connectivity index (χ0n) is 12.3. The number of aryl methyl sites for hydroxylation is 1. The van der Waals surface area contributed by atoms with Crippen LogP contribution >= 0.6 is 11.3 Å². The lowest BCUT2D eigenvalue weighted by molar-refractivity contribution is 0.517. The van der Waals surface area contributed by atoms with Gasteiger partial charge in [-0.1, -0.05) is 25.1 Å². The Morgan fingerprint density at radius 2 is 2.14 bits per heavy atom. The summed E-state index contributed by atoms with van der Waals surface area (Å²) in [6.07, 6.45) is 4.10. The second-order valence-electron chi connectivity index (χ2n) is 5.18. The van der Waals surface area contributed by atoms with Crippen molar-refractivity contribution in [3.05, 3.63) is 64.5 Å². The van der Waals surface area contributed by atoms with Gasteiger partial charge in [0.2, 0.25) is 0 Å². The molecule has 1 unspecified atom stereocenters. The molecule has 1 N–H and O–H groups in total. The molecule has 21 heavy (non-hydrogen) atoms. The molecule has 2 aromatic heterocycles. The molecule has 0 spiro atoms. The van der Waals surface area contributed by atoms with Crippen LogP contribution in [0.3, 0.4) is 0 Å². The van der Waals surface area contributed by atoms with Crippen LogP contribution in [0.5, 0.6) is 0 Å². The molecule has 0 saturated carbocycles. The van der Waals surface area contributed by atoms with Crippen molar-refractivity contribution in [3.63, 3.8) is 0 Å². The third-order valence-electron chi connectivity index (χ3n) is 3.74. The standard InChI is InChI=1S/C18H20N2S/c1-2-19-17(10-8-16-6-4-12-21-16)15-7-9-18-14(13-15)5-3-11-20-18/h3-7,9,11-13,17,19H,2,8,10H2,1H3. The summed E-state index contributed by atoms with van der Waals surface area (Å²) in [7, 11) is 0. The number of thiophene rings is 1. The molecule has 3 heteroatoms. The van der Waals surface area contributed by atoms with E-state index in [0.29, 0.717) is 6.04 Å². The number of pyridine rings is 1. The van der Waals surface area contributed by atoms with E-state index in [1.165, 1.54) is 15.8 Å². The van der Waals surface area contributed by atoms with Crippen LogP contribution in [0.25, 0.3) is 10.9 Å². The van der Waals surface area contributed by atoms with E-state index in [1.807, 2.05) is 23.6 Å². The van der Waals surface area contributed by atoms with E-state index in [4.69, 9.17) is 0 Å². The van der Waals surface area contributed by atoms with Gasteiger partial charge in [0, 0.05) is 22.5 Å². The van der Waals surface area contributed by atoms with Crippen LogP contribution in [0.15, 0.2) is 54.0 Å². The number of nitrogens with zero attached hydrogens (tertiary/aromatic N) is 1. The molecule has 0 amide bonds. The molecule has 0 bridgehead atoms. The molecular formula is C18H20N2S. The average Bonchev–Trinajstić information content (AvgIpc) is 3.04. The minimum Gasteiger partial charge on any atom is -0.310 e. The Bertz CT molecular complexity index is 691. The molecule has 0 fully saturated rings. The van der Waals surface area contributed by atoms with Gasteiger partial charge >= 0.3 is 0 Å². The lowest BCUT2D eigenvalue weighted by Crippen LogP contribution is -2.21. The van der Waals surface area contributed by atoms with Crippen LogP contribution in [0.1, 0.15) is 29.8 Å². The van der Waals surface area contributed by atoms with E-state index in [0.717, 1.165) is 24.9 Å². The summed E-state index contributed by atoms with van der Waals surface area (Å²) in [5, 5.41) is 6.98. The topological polar surface area (TPSA) is 24.9 Å². The summed E-state index contributed by atoms with van der Waals surface area (Å²) in [4.78, 5) is 5.85. The van der Waals surface area contributed by atoms with Crippen molar-refractivity contribution in [2.24, 2.45) is 0 Å². The van der Waals surface area contributed by atoms with Crippen LogP contribution in [0, 0.1) is 0 Å². The summed E-state index contributed by atoms with van der Waals surface area (Å²) in [5.74, 6) is 0. The molecular weight excluding hydrogens is 276 g/mol. The van der Waals surface area contributed by atoms with Crippen LogP contribution in [0.2, 0.25) is 0 Å². The van der Waals surface area contributed by atoms with Crippen molar-refractivity contribution in [2.75, 3.05) is 6.54 Å². The Morgan fingerprint density at radius 3 is 2.95 bits per heavy atom. The van der Waals surface area contributed by atoms with E-state index in [2.05, 4.69) is 59.0 Å². The van der Waals surface area contributed by atoms with Crippen LogP contribution in [0.4, 0.5) is 0 Å². The van der Waals surface area contributed by atoms with Crippen molar-refractivity contribution >= 4 is 22.2 Å². The van der Waals surface area contributed by atoms with E-state index in [9.17, 15) is 0 Å². The SMILES string of the molecule is CCNC(CCc1cccs1)c1ccc2ncccc2c1. The zero-order valence-corrected chi connectivity index (χ0v) is 13.1. The number of aromatic nitrogens is 1. The van der Waals surface area contributed by atoms with Crippen molar-refractivity contribution in [1.82, 2.24) is 10.3 Å². The second-order valence-corrected chi connectivity index (χ2v) is 6.22. The van der Waals surface area contributed by atoms with Gasteiger partial charge in [-0.3, -0.25) is 4.98 Å². The molecule has 0 saturated heterocycles. The highest BCUT2D eigenvalue weighted by molar-refractivity contribution is 7.09. The summed E-state index contributed by atoms with van der Waals surface area (Å²) >= 11 is 1.84. The highest BCUT2D eigenvalue weighted by atomic mass is 32.1. The number of fused-ring (bicyclic) bond motifs is 1. The number of rotatable bonds is 6. The fraction of sp³-hybridized carbons (Fsp3) is 0.278. The Labute approximate surface area is 129 Å². The smallest absolute Gasteiger partial charge is 0.0702 e. The molecule has 2 nitrogen and oxygen atoms in total. The predicted octanol–water partition coefficient (Wildman–Crippen LogP) is 4.58. The fourth-order valence-electron chi connectivity index (χ4n) is 2.69. The Kier molecular flexibility index (Phi) is 4.63. The molecule has 0 radical (unpaired) electrons. The van der Waals surface area contributed by atoms with Crippen molar-refractivity contribution in [1.29, 1.82) is 0 Å². The maximum Gasteiger partial charge on any atom is 0.0702 e. The average molecular weight is 296 g/mol. The van der Waals surface area contributed by atoms with Gasteiger partial charge in [0.1, 0.15) is 0 Å². The molecule has 3 rings (SSSR count). The summed E-state index contributed by atoms with van der Waals surface area (Å²) in [6.45, 7) is 3.15. The molecule has 0 aliphatic rings. The van der Waals surface area contributed by atoms with Crippen LogP contribution in [-0.2, 0) is 6.42 Å². The lowest BCUT2D eigenvalue weighted by atomic mass is 9.99. The third kappa shape index (κ3) is 3.49. The molecule has 2 heterocycles. The number of benzene rings is 1. The lowest BCUT2D eigenvalue weighted by Gasteiger charge is -2.18. The quantitative estimate of drug-likeness (QED) is 0.720. The molecule has 0 aliphatic carbocycles. The number of hydrogen-bond donors (Lipinski definition) is 1. The van der Waals surface area contributed by atoms with E-state index in [-0.39, 0.29) is 0 Å². The highest BCUT2D eigenvalue weighted by Crippen LogP contribution is 2.24. The maximum absolute atomic E-state index is 4.40. The van der Waals surface area contributed by atoms with Gasteiger partial charge in [-0.2, -0.15) is 0 Å². The number of hydrogen-bond acceptors (Lipinski definition) is 3. The van der Waals surface area contributed by atoms with Gasteiger partial charge in [0.25, 0.3) is 0 Å². The first-order valence-electron chi connectivity index (χ1n) is 7.47. The third-order valence-corrected chi connectivity index (χ3v) is 4.68. The predicted molar refractivity (Wildman–Crippen MR) is 90.8 cm³/mol. The molecule has 1 aromatic carbocycles. The summed E-state index contributed by atoms with van der Waals surface area (Å²) in [6, 6.07) is 15.5. The largest absolute Gasteiger partial charge is 0.310 e. The normalized spacial score (nSPS) is 12.6. The van der Waals surface area contributed by atoms with Gasteiger partial charge in [0.15, 0.2) is 0 Å².